The fourth-order valence-corrected chi connectivity index (χ4v) is 2.27. The van der Waals surface area contributed by atoms with Crippen LogP contribution in [0.15, 0.2) is 39.4 Å². The van der Waals surface area contributed by atoms with Gasteiger partial charge in [-0.05, 0) is 25.0 Å². The second kappa shape index (κ2) is 5.24. The molecule has 0 radical (unpaired) electrons. The van der Waals surface area contributed by atoms with Crippen molar-refractivity contribution in [3.8, 4) is 11.3 Å². The minimum Gasteiger partial charge on any atom is -0.441 e. The number of rotatable bonds is 5. The SMILES string of the molecule is Brc1cccc(-c2cnc(CCNC3CC3)o2)c1. The van der Waals surface area contributed by atoms with Crippen LogP contribution in [0.4, 0.5) is 0 Å². The summed E-state index contributed by atoms with van der Waals surface area (Å²) in [5.41, 5.74) is 1.05. The highest BCUT2D eigenvalue weighted by molar-refractivity contribution is 9.10. The Labute approximate surface area is 115 Å². The van der Waals surface area contributed by atoms with E-state index in [1.807, 2.05) is 24.3 Å². The number of aromatic nitrogens is 1. The highest BCUT2D eigenvalue weighted by Gasteiger charge is 2.20. The molecule has 0 aliphatic heterocycles. The lowest BCUT2D eigenvalue weighted by Crippen LogP contribution is -2.19. The van der Waals surface area contributed by atoms with Crippen molar-refractivity contribution in [3.05, 3.63) is 40.8 Å². The lowest BCUT2D eigenvalue weighted by atomic mass is 10.2. The Balaban J connectivity index is 1.64. The van der Waals surface area contributed by atoms with Crippen LogP contribution >= 0.6 is 15.9 Å². The van der Waals surface area contributed by atoms with Crippen molar-refractivity contribution in [1.82, 2.24) is 10.3 Å². The lowest BCUT2D eigenvalue weighted by Gasteiger charge is -1.99. The van der Waals surface area contributed by atoms with E-state index in [-0.39, 0.29) is 0 Å². The van der Waals surface area contributed by atoms with E-state index in [0.717, 1.165) is 40.7 Å². The molecule has 0 atom stereocenters. The van der Waals surface area contributed by atoms with Crippen molar-refractivity contribution >= 4 is 15.9 Å². The molecule has 3 nitrogen and oxygen atoms in total. The molecule has 0 spiro atoms. The summed E-state index contributed by atoms with van der Waals surface area (Å²) in [6, 6.07) is 8.80. The summed E-state index contributed by atoms with van der Waals surface area (Å²) >= 11 is 3.46. The van der Waals surface area contributed by atoms with Gasteiger partial charge in [0.1, 0.15) is 0 Å². The van der Waals surface area contributed by atoms with Crippen molar-refractivity contribution in [2.75, 3.05) is 6.54 Å². The van der Waals surface area contributed by atoms with E-state index in [0.29, 0.717) is 0 Å². The molecule has 2 aromatic rings. The highest BCUT2D eigenvalue weighted by Crippen LogP contribution is 2.24. The van der Waals surface area contributed by atoms with E-state index in [1.54, 1.807) is 6.20 Å². The van der Waals surface area contributed by atoms with Gasteiger partial charge in [0.05, 0.1) is 6.20 Å². The number of hydrogen-bond acceptors (Lipinski definition) is 3. The zero-order valence-electron chi connectivity index (χ0n) is 10.0. The van der Waals surface area contributed by atoms with Gasteiger partial charge in [-0.3, -0.25) is 0 Å². The first-order chi connectivity index (χ1) is 8.81. The molecule has 1 aliphatic carbocycles. The van der Waals surface area contributed by atoms with E-state index < -0.39 is 0 Å². The molecular formula is C14H15BrN2O. The zero-order chi connectivity index (χ0) is 12.4. The molecule has 1 N–H and O–H groups in total. The van der Waals surface area contributed by atoms with Crippen LogP contribution in [-0.4, -0.2) is 17.6 Å². The summed E-state index contributed by atoms with van der Waals surface area (Å²) in [5.74, 6) is 1.64. The van der Waals surface area contributed by atoms with Crippen LogP contribution in [0.25, 0.3) is 11.3 Å². The second-order valence-electron chi connectivity index (χ2n) is 4.61. The Morgan fingerprint density at radius 2 is 2.28 bits per heavy atom. The van der Waals surface area contributed by atoms with Gasteiger partial charge in [-0.1, -0.05) is 28.1 Å². The van der Waals surface area contributed by atoms with Crippen LogP contribution in [0.2, 0.25) is 0 Å². The van der Waals surface area contributed by atoms with Gasteiger partial charge >= 0.3 is 0 Å². The van der Waals surface area contributed by atoms with Gasteiger partial charge in [0.15, 0.2) is 11.7 Å². The molecule has 94 valence electrons. The van der Waals surface area contributed by atoms with Gasteiger partial charge in [-0.2, -0.15) is 0 Å². The average molecular weight is 307 g/mol. The molecule has 1 aromatic carbocycles. The summed E-state index contributed by atoms with van der Waals surface area (Å²) in [6.45, 7) is 0.948. The monoisotopic (exact) mass is 306 g/mol. The number of oxazole rings is 1. The summed E-state index contributed by atoms with van der Waals surface area (Å²) in [6.07, 6.45) is 5.28. The van der Waals surface area contributed by atoms with E-state index in [9.17, 15) is 0 Å². The van der Waals surface area contributed by atoms with Crippen molar-refractivity contribution < 1.29 is 4.42 Å². The third-order valence-corrected chi connectivity index (χ3v) is 3.51. The van der Waals surface area contributed by atoms with E-state index in [2.05, 4.69) is 26.2 Å². The van der Waals surface area contributed by atoms with Crippen LogP contribution in [-0.2, 0) is 6.42 Å². The second-order valence-corrected chi connectivity index (χ2v) is 5.52. The number of halogens is 1. The molecule has 4 heteroatoms. The molecule has 1 aliphatic rings. The maximum absolute atomic E-state index is 5.75. The standard InChI is InChI=1S/C14H15BrN2O/c15-11-3-1-2-10(8-11)13-9-17-14(18-13)6-7-16-12-4-5-12/h1-3,8-9,12,16H,4-7H2. The van der Waals surface area contributed by atoms with Gasteiger partial charge in [-0.15, -0.1) is 0 Å². The zero-order valence-corrected chi connectivity index (χ0v) is 11.6. The molecule has 1 saturated carbocycles. The molecular weight excluding hydrogens is 292 g/mol. The molecule has 0 amide bonds. The van der Waals surface area contributed by atoms with Crippen LogP contribution in [0.1, 0.15) is 18.7 Å². The third-order valence-electron chi connectivity index (χ3n) is 3.01. The number of nitrogens with zero attached hydrogens (tertiary/aromatic N) is 1. The minimum atomic E-state index is 0.740. The average Bonchev–Trinajstić information content (AvgIpc) is 3.06. The van der Waals surface area contributed by atoms with Crippen molar-refractivity contribution in [2.24, 2.45) is 0 Å². The van der Waals surface area contributed by atoms with Gasteiger partial charge in [-0.25, -0.2) is 4.98 Å². The predicted molar refractivity (Wildman–Crippen MR) is 74.4 cm³/mol. The molecule has 18 heavy (non-hydrogen) atoms. The van der Waals surface area contributed by atoms with Crippen molar-refractivity contribution in [2.45, 2.75) is 25.3 Å². The topological polar surface area (TPSA) is 38.1 Å². The van der Waals surface area contributed by atoms with Gasteiger partial charge in [0, 0.05) is 29.0 Å². The maximum atomic E-state index is 5.75. The maximum Gasteiger partial charge on any atom is 0.196 e. The Morgan fingerprint density at radius 3 is 3.06 bits per heavy atom. The number of nitrogens with one attached hydrogen (secondary N) is 1. The van der Waals surface area contributed by atoms with Crippen molar-refractivity contribution in [3.63, 3.8) is 0 Å². The number of benzene rings is 1. The summed E-state index contributed by atoms with van der Waals surface area (Å²) < 4.78 is 6.80. The Bertz CT molecular complexity index is 534. The normalized spacial score (nSPS) is 14.9. The lowest BCUT2D eigenvalue weighted by molar-refractivity contribution is 0.494. The predicted octanol–water partition coefficient (Wildman–Crippen LogP) is 3.40. The summed E-state index contributed by atoms with van der Waals surface area (Å²) in [4.78, 5) is 4.32. The molecule has 0 saturated heterocycles. The van der Waals surface area contributed by atoms with E-state index in [4.69, 9.17) is 4.42 Å². The molecule has 0 unspecified atom stereocenters. The molecule has 3 rings (SSSR count). The van der Waals surface area contributed by atoms with Crippen LogP contribution in [0.5, 0.6) is 0 Å². The van der Waals surface area contributed by atoms with E-state index >= 15 is 0 Å². The van der Waals surface area contributed by atoms with Crippen LogP contribution in [0.3, 0.4) is 0 Å². The highest BCUT2D eigenvalue weighted by atomic mass is 79.9. The van der Waals surface area contributed by atoms with Gasteiger partial charge in [0.25, 0.3) is 0 Å². The third kappa shape index (κ3) is 3.00. The fraction of sp³-hybridized carbons (Fsp3) is 0.357. The van der Waals surface area contributed by atoms with E-state index in [1.165, 1.54) is 12.8 Å². The summed E-state index contributed by atoms with van der Waals surface area (Å²) in [5, 5.41) is 3.46. The minimum absolute atomic E-state index is 0.740. The Hall–Kier alpha value is -1.13. The molecule has 1 fully saturated rings. The first-order valence-corrected chi connectivity index (χ1v) is 7.04. The molecule has 0 bridgehead atoms. The quantitative estimate of drug-likeness (QED) is 0.920. The number of hydrogen-bond donors (Lipinski definition) is 1. The first kappa shape index (κ1) is 11.9. The molecule has 1 heterocycles. The molecule has 1 aromatic heterocycles. The fourth-order valence-electron chi connectivity index (χ4n) is 1.87. The summed E-state index contributed by atoms with van der Waals surface area (Å²) in [7, 11) is 0. The van der Waals surface area contributed by atoms with Crippen LogP contribution in [0, 0.1) is 0 Å². The van der Waals surface area contributed by atoms with Crippen molar-refractivity contribution in [1.29, 1.82) is 0 Å². The smallest absolute Gasteiger partial charge is 0.196 e. The first-order valence-electron chi connectivity index (χ1n) is 6.25. The van der Waals surface area contributed by atoms with Gasteiger partial charge in [0.2, 0.25) is 0 Å². The Kier molecular flexibility index (Phi) is 3.48. The van der Waals surface area contributed by atoms with Crippen LogP contribution < -0.4 is 5.32 Å². The van der Waals surface area contributed by atoms with Gasteiger partial charge < -0.3 is 9.73 Å². The Morgan fingerprint density at radius 1 is 1.39 bits per heavy atom. The largest absolute Gasteiger partial charge is 0.441 e.